The fourth-order valence-electron chi connectivity index (χ4n) is 3.72. The molecule has 0 radical (unpaired) electrons. The van der Waals surface area contributed by atoms with Crippen LogP contribution >= 0.6 is 0 Å². The van der Waals surface area contributed by atoms with Gasteiger partial charge in [-0.05, 0) is 36.1 Å². The molecule has 0 spiro atoms. The lowest BCUT2D eigenvalue weighted by Gasteiger charge is -2.23. The van der Waals surface area contributed by atoms with Crippen LogP contribution in [-0.2, 0) is 22.6 Å². The lowest BCUT2D eigenvalue weighted by atomic mass is 10.0. The summed E-state index contributed by atoms with van der Waals surface area (Å²) in [5, 5.41) is 0. The largest absolute Gasteiger partial charge is 0.329 e. The third-order valence-electron chi connectivity index (χ3n) is 5.37. The standard InChI is InChI=1S/C23H26F3N3O2/c1-2-3-8-29-21-7-5-4-6-15(21)13-28(14-23(29)31)22(30)11-17(27)9-16-10-19(25)20(26)12-18(16)24/h4-7,10,12,17H,2-3,8-9,11,13-14,27H2,1H3/t17-/m1/s1. The minimum absolute atomic E-state index is 0.0799. The minimum Gasteiger partial charge on any atom is -0.329 e. The van der Waals surface area contributed by atoms with E-state index in [0.717, 1.165) is 30.2 Å². The highest BCUT2D eigenvalue weighted by Gasteiger charge is 2.29. The maximum Gasteiger partial charge on any atom is 0.246 e. The zero-order valence-electron chi connectivity index (χ0n) is 17.4. The molecule has 2 N–H and O–H groups in total. The number of nitrogens with zero attached hydrogens (tertiary/aromatic N) is 2. The molecule has 31 heavy (non-hydrogen) atoms. The summed E-state index contributed by atoms with van der Waals surface area (Å²) in [6.07, 6.45) is 1.50. The van der Waals surface area contributed by atoms with E-state index in [4.69, 9.17) is 5.73 Å². The monoisotopic (exact) mass is 433 g/mol. The summed E-state index contributed by atoms with van der Waals surface area (Å²) in [5.74, 6) is -3.88. The van der Waals surface area contributed by atoms with E-state index in [1.54, 1.807) is 4.90 Å². The number of nitrogens with two attached hydrogens (primary N) is 1. The molecule has 8 heteroatoms. The molecule has 2 aromatic carbocycles. The first-order valence-electron chi connectivity index (χ1n) is 10.3. The van der Waals surface area contributed by atoms with Gasteiger partial charge >= 0.3 is 0 Å². The van der Waals surface area contributed by atoms with Crippen LogP contribution in [0.25, 0.3) is 0 Å². The summed E-state index contributed by atoms with van der Waals surface area (Å²) in [7, 11) is 0. The summed E-state index contributed by atoms with van der Waals surface area (Å²) in [5.41, 5.74) is 7.57. The lowest BCUT2D eigenvalue weighted by molar-refractivity contribution is -0.135. The maximum atomic E-state index is 13.9. The van der Waals surface area contributed by atoms with Crippen molar-refractivity contribution in [2.45, 2.75) is 45.2 Å². The summed E-state index contributed by atoms with van der Waals surface area (Å²) < 4.78 is 40.4. The number of para-hydroxylation sites is 1. The highest BCUT2D eigenvalue weighted by Crippen LogP contribution is 2.26. The summed E-state index contributed by atoms with van der Waals surface area (Å²) in [6.45, 7) is 2.80. The van der Waals surface area contributed by atoms with Gasteiger partial charge < -0.3 is 15.5 Å². The molecule has 2 amide bonds. The highest BCUT2D eigenvalue weighted by atomic mass is 19.2. The molecule has 0 saturated heterocycles. The van der Waals surface area contributed by atoms with Gasteiger partial charge in [0.15, 0.2) is 11.6 Å². The number of hydrogen-bond donors (Lipinski definition) is 1. The van der Waals surface area contributed by atoms with Crippen molar-refractivity contribution in [3.8, 4) is 0 Å². The summed E-state index contributed by atoms with van der Waals surface area (Å²) in [6, 6.07) is 7.87. The van der Waals surface area contributed by atoms with Crippen molar-refractivity contribution in [2.24, 2.45) is 5.73 Å². The number of fused-ring (bicyclic) bond motifs is 1. The predicted octanol–water partition coefficient (Wildman–Crippen LogP) is 3.54. The van der Waals surface area contributed by atoms with Gasteiger partial charge in [0, 0.05) is 37.3 Å². The van der Waals surface area contributed by atoms with Crippen LogP contribution in [0.2, 0.25) is 0 Å². The molecule has 2 aromatic rings. The number of halogens is 3. The maximum absolute atomic E-state index is 13.9. The second-order valence-electron chi connectivity index (χ2n) is 7.80. The van der Waals surface area contributed by atoms with Gasteiger partial charge in [-0.25, -0.2) is 13.2 Å². The smallest absolute Gasteiger partial charge is 0.246 e. The second-order valence-corrected chi connectivity index (χ2v) is 7.80. The quantitative estimate of drug-likeness (QED) is 0.680. The topological polar surface area (TPSA) is 66.6 Å². The third-order valence-corrected chi connectivity index (χ3v) is 5.37. The van der Waals surface area contributed by atoms with Crippen LogP contribution in [0.5, 0.6) is 0 Å². The molecule has 0 aromatic heterocycles. The van der Waals surface area contributed by atoms with Gasteiger partial charge in [0.25, 0.3) is 0 Å². The second kappa shape index (κ2) is 9.96. The Morgan fingerprint density at radius 1 is 1.10 bits per heavy atom. The van der Waals surface area contributed by atoms with Crippen LogP contribution < -0.4 is 10.6 Å². The Labute approximate surface area is 179 Å². The molecule has 0 saturated carbocycles. The zero-order chi connectivity index (χ0) is 22.5. The number of carbonyl (C=O) groups is 2. The van der Waals surface area contributed by atoms with E-state index in [1.165, 1.54) is 4.90 Å². The van der Waals surface area contributed by atoms with Crippen LogP contribution in [0.15, 0.2) is 36.4 Å². The predicted molar refractivity (Wildman–Crippen MR) is 112 cm³/mol. The molecule has 166 valence electrons. The van der Waals surface area contributed by atoms with E-state index in [9.17, 15) is 22.8 Å². The Morgan fingerprint density at radius 3 is 2.55 bits per heavy atom. The Bertz CT molecular complexity index is 967. The Kier molecular flexibility index (Phi) is 7.33. The summed E-state index contributed by atoms with van der Waals surface area (Å²) >= 11 is 0. The van der Waals surface area contributed by atoms with Crippen LogP contribution in [0.4, 0.5) is 18.9 Å². The normalized spacial score (nSPS) is 14.9. The number of benzene rings is 2. The molecule has 0 fully saturated rings. The minimum atomic E-state index is -1.28. The van der Waals surface area contributed by atoms with Crippen LogP contribution in [0.3, 0.4) is 0 Å². The molecule has 5 nitrogen and oxygen atoms in total. The van der Waals surface area contributed by atoms with E-state index in [0.29, 0.717) is 12.6 Å². The average Bonchev–Trinajstić information content (AvgIpc) is 2.86. The highest BCUT2D eigenvalue weighted by molar-refractivity contribution is 5.98. The molecule has 1 heterocycles. The van der Waals surface area contributed by atoms with Gasteiger partial charge in [0.05, 0.1) is 0 Å². The SMILES string of the molecule is CCCCN1C(=O)CN(C(=O)C[C@H](N)Cc2cc(F)c(F)cc2F)Cc2ccccc21. The first-order valence-corrected chi connectivity index (χ1v) is 10.3. The fraction of sp³-hybridized carbons (Fsp3) is 0.391. The van der Waals surface area contributed by atoms with Gasteiger partial charge in [-0.3, -0.25) is 9.59 Å². The number of amides is 2. The number of hydrogen-bond acceptors (Lipinski definition) is 3. The van der Waals surface area contributed by atoms with E-state index in [-0.39, 0.29) is 43.3 Å². The summed E-state index contributed by atoms with van der Waals surface area (Å²) in [4.78, 5) is 28.9. The number of rotatable bonds is 7. The molecule has 1 aliphatic rings. The van der Waals surface area contributed by atoms with Crippen LogP contribution in [0.1, 0.15) is 37.3 Å². The first kappa shape index (κ1) is 22.8. The van der Waals surface area contributed by atoms with Gasteiger partial charge in [0.1, 0.15) is 12.4 Å². The Morgan fingerprint density at radius 2 is 1.81 bits per heavy atom. The van der Waals surface area contributed by atoms with E-state index >= 15 is 0 Å². The molecule has 0 unspecified atom stereocenters. The zero-order valence-corrected chi connectivity index (χ0v) is 17.4. The molecule has 3 rings (SSSR count). The Balaban J connectivity index is 1.72. The number of carbonyl (C=O) groups excluding carboxylic acids is 2. The van der Waals surface area contributed by atoms with E-state index in [2.05, 4.69) is 0 Å². The third kappa shape index (κ3) is 5.44. The van der Waals surface area contributed by atoms with E-state index in [1.807, 2.05) is 31.2 Å². The van der Waals surface area contributed by atoms with Gasteiger partial charge in [-0.1, -0.05) is 31.5 Å². The van der Waals surface area contributed by atoms with Crippen molar-refractivity contribution in [1.82, 2.24) is 4.90 Å². The van der Waals surface area contributed by atoms with Gasteiger partial charge in [-0.2, -0.15) is 0 Å². The van der Waals surface area contributed by atoms with Gasteiger partial charge in [-0.15, -0.1) is 0 Å². The molecule has 0 bridgehead atoms. The molecule has 0 aliphatic carbocycles. The van der Waals surface area contributed by atoms with Crippen molar-refractivity contribution in [3.63, 3.8) is 0 Å². The molecule has 1 atom stereocenters. The van der Waals surface area contributed by atoms with Crippen molar-refractivity contribution in [3.05, 3.63) is 65.0 Å². The fourth-order valence-corrected chi connectivity index (χ4v) is 3.72. The van der Waals surface area contributed by atoms with Crippen molar-refractivity contribution >= 4 is 17.5 Å². The van der Waals surface area contributed by atoms with E-state index < -0.39 is 23.5 Å². The molecular formula is C23H26F3N3O2. The van der Waals surface area contributed by atoms with Crippen LogP contribution in [-0.4, -0.2) is 35.8 Å². The Hall–Kier alpha value is -2.87. The lowest BCUT2D eigenvalue weighted by Crippen LogP contribution is -2.42. The van der Waals surface area contributed by atoms with Crippen LogP contribution in [0, 0.1) is 17.5 Å². The molecular weight excluding hydrogens is 407 g/mol. The molecule has 1 aliphatic heterocycles. The van der Waals surface area contributed by atoms with Gasteiger partial charge in [0.2, 0.25) is 11.8 Å². The van der Waals surface area contributed by atoms with Crippen molar-refractivity contribution < 1.29 is 22.8 Å². The average molecular weight is 433 g/mol. The number of anilines is 1. The number of unbranched alkanes of at least 4 members (excludes halogenated alkanes) is 1. The van der Waals surface area contributed by atoms with Crippen molar-refractivity contribution in [2.75, 3.05) is 18.0 Å². The first-order chi connectivity index (χ1) is 14.8. The van der Waals surface area contributed by atoms with Crippen molar-refractivity contribution in [1.29, 1.82) is 0 Å².